The highest BCUT2D eigenvalue weighted by Gasteiger charge is 2.31. The van der Waals surface area contributed by atoms with E-state index in [4.69, 9.17) is 14.7 Å². The molecule has 1 fully saturated rings. The highest BCUT2D eigenvalue weighted by atomic mass is 19.1. The molecule has 0 aliphatic carbocycles. The largest absolute Gasteiger partial charge is 0.457 e. The number of anilines is 2. The molecule has 2 aliphatic rings. The van der Waals surface area contributed by atoms with Crippen LogP contribution in [0.25, 0.3) is 0 Å². The number of hydrogen-bond acceptors (Lipinski definition) is 7. The second kappa shape index (κ2) is 10.3. The number of ether oxygens (including phenoxy) is 1. The van der Waals surface area contributed by atoms with E-state index in [1.807, 2.05) is 29.9 Å². The minimum absolute atomic E-state index is 0.0180. The molecule has 3 aromatic rings. The maximum Gasteiger partial charge on any atom is 0.319 e. The van der Waals surface area contributed by atoms with Gasteiger partial charge in [0, 0.05) is 50.9 Å². The minimum atomic E-state index is -0.454. The molecule has 5 rings (SSSR count). The number of fused-ring (bicyclic) bond motifs is 1. The van der Waals surface area contributed by atoms with Crippen LogP contribution in [0.1, 0.15) is 29.8 Å². The number of nitrogens with one attached hydrogen (secondary N) is 1. The first kappa shape index (κ1) is 23.8. The van der Waals surface area contributed by atoms with Crippen molar-refractivity contribution in [2.75, 3.05) is 29.4 Å². The molecule has 186 valence electrons. The average Bonchev–Trinajstić information content (AvgIpc) is 3.22. The maximum atomic E-state index is 14.6. The highest BCUT2D eigenvalue weighted by Crippen LogP contribution is 2.32. The van der Waals surface area contributed by atoms with Crippen molar-refractivity contribution in [2.45, 2.75) is 38.5 Å². The first-order chi connectivity index (χ1) is 17.5. The Morgan fingerprint density at radius 3 is 2.86 bits per heavy atom. The van der Waals surface area contributed by atoms with Crippen LogP contribution in [-0.2, 0) is 31.4 Å². The lowest BCUT2D eigenvalue weighted by Crippen LogP contribution is -2.51. The number of carbonyl (C=O) groups is 1. The molecule has 4 heterocycles. The van der Waals surface area contributed by atoms with Crippen molar-refractivity contribution in [1.82, 2.24) is 19.9 Å². The van der Waals surface area contributed by atoms with Gasteiger partial charge in [-0.2, -0.15) is 15.2 Å². The summed E-state index contributed by atoms with van der Waals surface area (Å²) >= 11 is 0. The van der Waals surface area contributed by atoms with Gasteiger partial charge in [-0.3, -0.25) is 4.79 Å². The fourth-order valence-corrected chi connectivity index (χ4v) is 4.75. The van der Waals surface area contributed by atoms with E-state index in [0.717, 1.165) is 17.1 Å². The number of para-hydroxylation sites is 1. The Balaban J connectivity index is 1.52. The molecule has 0 radical (unpaired) electrons. The van der Waals surface area contributed by atoms with Gasteiger partial charge in [0.05, 0.1) is 36.1 Å². The lowest BCUT2D eigenvalue weighted by atomic mass is 10.1. The number of benzene rings is 1. The van der Waals surface area contributed by atoms with E-state index in [1.165, 1.54) is 11.0 Å². The third-order valence-electron chi connectivity index (χ3n) is 6.68. The number of nitrogens with zero attached hydrogens (tertiary/aromatic N) is 6. The molecule has 1 atom stereocenters. The van der Waals surface area contributed by atoms with Gasteiger partial charge in [-0.05, 0) is 30.7 Å². The van der Waals surface area contributed by atoms with Crippen LogP contribution in [0.2, 0.25) is 0 Å². The van der Waals surface area contributed by atoms with Crippen LogP contribution in [0.5, 0.6) is 6.01 Å². The van der Waals surface area contributed by atoms with Gasteiger partial charge in [0.15, 0.2) is 0 Å². The molecule has 0 saturated carbocycles. The Kier molecular flexibility index (Phi) is 6.82. The Labute approximate surface area is 209 Å². The van der Waals surface area contributed by atoms with Crippen molar-refractivity contribution < 1.29 is 13.9 Å². The van der Waals surface area contributed by atoms with Crippen LogP contribution in [0.15, 0.2) is 42.6 Å². The molecule has 2 aliphatic heterocycles. The van der Waals surface area contributed by atoms with Crippen LogP contribution in [-0.4, -0.2) is 46.1 Å². The normalized spacial score (nSPS) is 17.9. The van der Waals surface area contributed by atoms with Crippen molar-refractivity contribution in [2.24, 2.45) is 7.05 Å². The van der Waals surface area contributed by atoms with Gasteiger partial charge < -0.3 is 24.4 Å². The first-order valence-corrected chi connectivity index (χ1v) is 12.1. The summed E-state index contributed by atoms with van der Waals surface area (Å²) in [7, 11) is 1.94. The average molecular weight is 490 g/mol. The second-order valence-electron chi connectivity index (χ2n) is 9.04. The van der Waals surface area contributed by atoms with Crippen molar-refractivity contribution in [3.05, 3.63) is 65.4 Å². The van der Waals surface area contributed by atoms with Crippen molar-refractivity contribution in [3.63, 3.8) is 0 Å². The molecule has 1 amide bonds. The Hall–Kier alpha value is -3.97. The van der Waals surface area contributed by atoms with Gasteiger partial charge in [-0.15, -0.1) is 0 Å². The van der Waals surface area contributed by atoms with E-state index in [1.54, 1.807) is 18.2 Å². The molecule has 2 aromatic heterocycles. The standard InChI is InChI=1S/C26H28FN7O2/c1-32-13-4-5-19(32)17-36-26-30-22-16-34(23-7-3-2-6-21(23)27)24(35)9-8-20(22)25(31-26)33-14-12-29-18(15-33)10-11-28/h2-7,13,18,29H,8-10,12,14-17H2,1H3/t18-/m0/s1. The van der Waals surface area contributed by atoms with Crippen LogP contribution < -0.4 is 19.9 Å². The van der Waals surface area contributed by atoms with Crippen LogP contribution >= 0.6 is 0 Å². The summed E-state index contributed by atoms with van der Waals surface area (Å²) in [6, 6.07) is 12.6. The molecule has 9 nitrogen and oxygen atoms in total. The Morgan fingerprint density at radius 1 is 1.22 bits per heavy atom. The fraction of sp³-hybridized carbons (Fsp3) is 0.385. The van der Waals surface area contributed by atoms with Gasteiger partial charge in [0.1, 0.15) is 18.2 Å². The quantitative estimate of drug-likeness (QED) is 0.568. The number of aryl methyl sites for hydroxylation is 1. The van der Waals surface area contributed by atoms with Gasteiger partial charge in [0.25, 0.3) is 0 Å². The molecule has 0 unspecified atom stereocenters. The first-order valence-electron chi connectivity index (χ1n) is 12.1. The number of rotatable bonds is 6. The van der Waals surface area contributed by atoms with E-state index in [-0.39, 0.29) is 43.2 Å². The minimum Gasteiger partial charge on any atom is -0.457 e. The number of halogens is 1. The number of carbonyl (C=O) groups excluding carboxylic acids is 1. The second-order valence-corrected chi connectivity index (χ2v) is 9.04. The lowest BCUT2D eigenvalue weighted by molar-refractivity contribution is -0.118. The number of amides is 1. The van der Waals surface area contributed by atoms with Crippen LogP contribution in [0, 0.1) is 17.1 Å². The van der Waals surface area contributed by atoms with E-state index in [2.05, 4.69) is 16.3 Å². The molecule has 10 heteroatoms. The zero-order valence-electron chi connectivity index (χ0n) is 20.2. The van der Waals surface area contributed by atoms with Gasteiger partial charge in [-0.25, -0.2) is 4.39 Å². The molecule has 0 bridgehead atoms. The molecule has 1 aromatic carbocycles. The summed E-state index contributed by atoms with van der Waals surface area (Å²) < 4.78 is 22.6. The SMILES string of the molecule is Cn1cccc1COc1nc2c(c(N3CCN[C@@H](CC#N)C3)n1)CCC(=O)N(c1ccccc1F)C2. The molecule has 1 N–H and O–H groups in total. The molecule has 36 heavy (non-hydrogen) atoms. The predicted molar refractivity (Wildman–Crippen MR) is 132 cm³/mol. The van der Waals surface area contributed by atoms with Crippen LogP contribution in [0.4, 0.5) is 15.9 Å². The van der Waals surface area contributed by atoms with Crippen molar-refractivity contribution in [3.8, 4) is 12.1 Å². The predicted octanol–water partition coefficient (Wildman–Crippen LogP) is 2.70. The highest BCUT2D eigenvalue weighted by molar-refractivity contribution is 5.94. The van der Waals surface area contributed by atoms with Gasteiger partial charge in [-0.1, -0.05) is 12.1 Å². The topological polar surface area (TPSA) is 99.3 Å². The van der Waals surface area contributed by atoms with E-state index in [9.17, 15) is 14.4 Å². The lowest BCUT2D eigenvalue weighted by Gasteiger charge is -2.35. The van der Waals surface area contributed by atoms with Crippen molar-refractivity contribution >= 4 is 17.4 Å². The summed E-state index contributed by atoms with van der Waals surface area (Å²) in [5.74, 6) is 0.0951. The monoisotopic (exact) mass is 489 g/mol. The zero-order valence-corrected chi connectivity index (χ0v) is 20.2. The zero-order chi connectivity index (χ0) is 25.1. The summed E-state index contributed by atoms with van der Waals surface area (Å²) in [6.07, 6.45) is 2.99. The number of hydrogen-bond donors (Lipinski definition) is 1. The molecular formula is C26H28FN7O2. The summed E-state index contributed by atoms with van der Waals surface area (Å²) in [4.78, 5) is 26.2. The van der Waals surface area contributed by atoms with Crippen molar-refractivity contribution in [1.29, 1.82) is 5.26 Å². The molecular weight excluding hydrogens is 461 g/mol. The maximum absolute atomic E-state index is 14.6. The smallest absolute Gasteiger partial charge is 0.319 e. The van der Waals surface area contributed by atoms with E-state index >= 15 is 0 Å². The number of piperazine rings is 1. The Morgan fingerprint density at radius 2 is 2.08 bits per heavy atom. The molecule has 0 spiro atoms. The van der Waals surface area contributed by atoms with Gasteiger partial charge >= 0.3 is 6.01 Å². The third-order valence-corrected chi connectivity index (χ3v) is 6.68. The summed E-state index contributed by atoms with van der Waals surface area (Å²) in [5.41, 5.74) is 2.71. The van der Waals surface area contributed by atoms with Gasteiger partial charge in [0.2, 0.25) is 5.91 Å². The summed E-state index contributed by atoms with van der Waals surface area (Å²) in [6.45, 7) is 2.44. The number of nitriles is 1. The van der Waals surface area contributed by atoms with Crippen LogP contribution in [0.3, 0.4) is 0 Å². The summed E-state index contributed by atoms with van der Waals surface area (Å²) in [5, 5.41) is 12.6. The van der Waals surface area contributed by atoms with E-state index in [0.29, 0.717) is 38.2 Å². The number of aromatic nitrogens is 3. The van der Waals surface area contributed by atoms with E-state index < -0.39 is 5.82 Å². The third kappa shape index (κ3) is 4.88. The molecule has 1 saturated heterocycles. The fourth-order valence-electron chi connectivity index (χ4n) is 4.75. The Bertz CT molecular complexity index is 1300.